The van der Waals surface area contributed by atoms with Crippen molar-refractivity contribution in [2.75, 3.05) is 5.32 Å². The standard InChI is InChI=1S/C22H25N5O2/c1-16-13-18(10-11-21(16)27-15-23-25-26-27)24-22(28)12-9-17-5-4-8-20(14-17)29-19-6-2-3-7-19/h4-5,8,10-11,13-15,19H,2-3,6-7,9,12H2,1H3,(H,24,28). The zero-order chi connectivity index (χ0) is 20.1. The van der Waals surface area contributed by atoms with Gasteiger partial charge in [-0.3, -0.25) is 4.79 Å². The Morgan fingerprint density at radius 2 is 2.07 bits per heavy atom. The second-order valence-electron chi connectivity index (χ2n) is 7.48. The Kier molecular flexibility index (Phi) is 5.84. The summed E-state index contributed by atoms with van der Waals surface area (Å²) in [4.78, 5) is 12.4. The van der Waals surface area contributed by atoms with Crippen LogP contribution >= 0.6 is 0 Å². The van der Waals surface area contributed by atoms with Gasteiger partial charge in [0.1, 0.15) is 12.1 Å². The lowest BCUT2D eigenvalue weighted by molar-refractivity contribution is -0.116. The molecule has 29 heavy (non-hydrogen) atoms. The summed E-state index contributed by atoms with van der Waals surface area (Å²) in [5.41, 5.74) is 3.74. The maximum Gasteiger partial charge on any atom is 0.224 e. The highest BCUT2D eigenvalue weighted by atomic mass is 16.5. The van der Waals surface area contributed by atoms with Crippen LogP contribution in [0.25, 0.3) is 5.69 Å². The molecule has 0 atom stereocenters. The maximum atomic E-state index is 12.4. The van der Waals surface area contributed by atoms with Crippen LogP contribution in [-0.4, -0.2) is 32.2 Å². The Balaban J connectivity index is 1.31. The van der Waals surface area contributed by atoms with Crippen LogP contribution < -0.4 is 10.1 Å². The number of rotatable bonds is 7. The maximum absolute atomic E-state index is 12.4. The minimum Gasteiger partial charge on any atom is -0.490 e. The van der Waals surface area contributed by atoms with Crippen LogP contribution in [0, 0.1) is 6.92 Å². The largest absolute Gasteiger partial charge is 0.490 e. The molecular weight excluding hydrogens is 366 g/mol. The highest BCUT2D eigenvalue weighted by Gasteiger charge is 2.16. The molecule has 0 radical (unpaired) electrons. The fourth-order valence-electron chi connectivity index (χ4n) is 3.72. The van der Waals surface area contributed by atoms with Crippen LogP contribution in [0.3, 0.4) is 0 Å². The number of nitrogens with zero attached hydrogens (tertiary/aromatic N) is 4. The van der Waals surface area contributed by atoms with E-state index < -0.39 is 0 Å². The van der Waals surface area contributed by atoms with Gasteiger partial charge in [-0.05, 0) is 90.9 Å². The van der Waals surface area contributed by atoms with Crippen molar-refractivity contribution in [2.24, 2.45) is 0 Å². The van der Waals surface area contributed by atoms with Crippen LogP contribution in [0.4, 0.5) is 5.69 Å². The minimum absolute atomic E-state index is 0.0123. The Morgan fingerprint density at radius 1 is 1.21 bits per heavy atom. The Labute approximate surface area is 170 Å². The molecule has 1 saturated carbocycles. The smallest absolute Gasteiger partial charge is 0.224 e. The molecule has 0 bridgehead atoms. The molecule has 1 fully saturated rings. The highest BCUT2D eigenvalue weighted by molar-refractivity contribution is 5.91. The van der Waals surface area contributed by atoms with Crippen LogP contribution in [0.5, 0.6) is 5.75 Å². The molecule has 2 aromatic carbocycles. The van der Waals surface area contributed by atoms with Crippen LogP contribution in [0.1, 0.15) is 43.2 Å². The fourth-order valence-corrected chi connectivity index (χ4v) is 3.72. The van der Waals surface area contributed by atoms with E-state index in [4.69, 9.17) is 4.74 Å². The fraction of sp³-hybridized carbons (Fsp3) is 0.364. The quantitative estimate of drug-likeness (QED) is 0.661. The molecule has 4 rings (SSSR count). The van der Waals surface area contributed by atoms with Crippen molar-refractivity contribution < 1.29 is 9.53 Å². The predicted molar refractivity (Wildman–Crippen MR) is 110 cm³/mol. The summed E-state index contributed by atoms with van der Waals surface area (Å²) < 4.78 is 7.66. The van der Waals surface area contributed by atoms with Gasteiger partial charge in [0.25, 0.3) is 0 Å². The monoisotopic (exact) mass is 391 g/mol. The van der Waals surface area contributed by atoms with E-state index in [9.17, 15) is 4.79 Å². The molecule has 0 unspecified atom stereocenters. The van der Waals surface area contributed by atoms with Crippen LogP contribution in [0.15, 0.2) is 48.8 Å². The number of nitrogens with one attached hydrogen (secondary N) is 1. The first-order valence-electron chi connectivity index (χ1n) is 10.1. The number of benzene rings is 2. The van der Waals surface area contributed by atoms with Gasteiger partial charge in [-0.15, -0.1) is 5.10 Å². The molecule has 1 N–H and O–H groups in total. The Bertz CT molecular complexity index is 965. The van der Waals surface area contributed by atoms with Crippen molar-refractivity contribution in [1.82, 2.24) is 20.2 Å². The van der Waals surface area contributed by atoms with E-state index in [2.05, 4.69) is 26.9 Å². The average Bonchev–Trinajstić information content (AvgIpc) is 3.41. The second kappa shape index (κ2) is 8.86. The van der Waals surface area contributed by atoms with E-state index in [1.54, 1.807) is 11.0 Å². The molecule has 0 aliphatic heterocycles. The number of anilines is 1. The molecule has 1 aromatic heterocycles. The second-order valence-corrected chi connectivity index (χ2v) is 7.48. The van der Waals surface area contributed by atoms with Crippen LogP contribution in [0.2, 0.25) is 0 Å². The number of hydrogen-bond donors (Lipinski definition) is 1. The number of aryl methyl sites for hydroxylation is 2. The highest BCUT2D eigenvalue weighted by Crippen LogP contribution is 2.25. The van der Waals surface area contributed by atoms with Gasteiger partial charge in [0.05, 0.1) is 11.8 Å². The molecule has 1 heterocycles. The number of carbonyl (C=O) groups excluding carboxylic acids is 1. The molecule has 150 valence electrons. The van der Waals surface area contributed by atoms with E-state index >= 15 is 0 Å². The topological polar surface area (TPSA) is 81.9 Å². The SMILES string of the molecule is Cc1cc(NC(=O)CCc2cccc(OC3CCCC3)c2)ccc1-n1cnnn1. The number of aromatic nitrogens is 4. The third kappa shape index (κ3) is 4.99. The first kappa shape index (κ1) is 19.1. The Hall–Kier alpha value is -3.22. The first-order chi connectivity index (χ1) is 14.2. The van der Waals surface area contributed by atoms with Crippen molar-refractivity contribution >= 4 is 11.6 Å². The van der Waals surface area contributed by atoms with Gasteiger partial charge in [-0.1, -0.05) is 12.1 Å². The number of hydrogen-bond acceptors (Lipinski definition) is 5. The van der Waals surface area contributed by atoms with E-state index in [1.165, 1.54) is 12.8 Å². The zero-order valence-electron chi connectivity index (χ0n) is 16.5. The summed E-state index contributed by atoms with van der Waals surface area (Å²) in [6.45, 7) is 1.96. The summed E-state index contributed by atoms with van der Waals surface area (Å²) in [7, 11) is 0. The number of carbonyl (C=O) groups is 1. The first-order valence-corrected chi connectivity index (χ1v) is 10.1. The van der Waals surface area contributed by atoms with Gasteiger partial charge in [-0.25, -0.2) is 4.68 Å². The molecule has 0 spiro atoms. The molecule has 7 nitrogen and oxygen atoms in total. The third-order valence-electron chi connectivity index (χ3n) is 5.22. The summed E-state index contributed by atoms with van der Waals surface area (Å²) >= 11 is 0. The summed E-state index contributed by atoms with van der Waals surface area (Å²) in [6, 6.07) is 13.8. The summed E-state index contributed by atoms with van der Waals surface area (Å²) in [5, 5.41) is 14.2. The lowest BCUT2D eigenvalue weighted by atomic mass is 10.1. The summed E-state index contributed by atoms with van der Waals surface area (Å²) in [6.07, 6.45) is 7.76. The Morgan fingerprint density at radius 3 is 2.83 bits per heavy atom. The molecule has 0 saturated heterocycles. The van der Waals surface area contributed by atoms with Gasteiger partial charge in [0.15, 0.2) is 0 Å². The van der Waals surface area contributed by atoms with Gasteiger partial charge < -0.3 is 10.1 Å². The van der Waals surface area contributed by atoms with Crippen molar-refractivity contribution in [1.29, 1.82) is 0 Å². The van der Waals surface area contributed by atoms with Gasteiger partial charge in [0.2, 0.25) is 5.91 Å². The molecule has 1 aliphatic carbocycles. The van der Waals surface area contributed by atoms with Crippen molar-refractivity contribution in [3.8, 4) is 11.4 Å². The van der Waals surface area contributed by atoms with Crippen LogP contribution in [-0.2, 0) is 11.2 Å². The third-order valence-corrected chi connectivity index (χ3v) is 5.22. The molecule has 3 aromatic rings. The van der Waals surface area contributed by atoms with Gasteiger partial charge in [0, 0.05) is 12.1 Å². The van der Waals surface area contributed by atoms with E-state index in [0.29, 0.717) is 18.9 Å². The van der Waals surface area contributed by atoms with E-state index in [0.717, 1.165) is 41.1 Å². The normalized spacial score (nSPS) is 14.1. The van der Waals surface area contributed by atoms with Crippen molar-refractivity contribution in [2.45, 2.75) is 51.6 Å². The van der Waals surface area contributed by atoms with E-state index in [-0.39, 0.29) is 5.91 Å². The number of amides is 1. The van der Waals surface area contributed by atoms with Gasteiger partial charge in [-0.2, -0.15) is 0 Å². The number of ether oxygens (including phenoxy) is 1. The van der Waals surface area contributed by atoms with Crippen molar-refractivity contribution in [3.05, 3.63) is 59.9 Å². The molecular formula is C22H25N5O2. The minimum atomic E-state index is -0.0123. The molecule has 1 amide bonds. The lowest BCUT2D eigenvalue weighted by Crippen LogP contribution is -2.13. The predicted octanol–water partition coefficient (Wildman–Crippen LogP) is 3.86. The van der Waals surface area contributed by atoms with E-state index in [1.807, 2.05) is 43.3 Å². The average molecular weight is 391 g/mol. The van der Waals surface area contributed by atoms with Crippen molar-refractivity contribution in [3.63, 3.8) is 0 Å². The van der Waals surface area contributed by atoms with Gasteiger partial charge >= 0.3 is 0 Å². The molecule has 7 heteroatoms. The molecule has 1 aliphatic rings. The number of tetrazole rings is 1. The summed E-state index contributed by atoms with van der Waals surface area (Å²) in [5.74, 6) is 0.894. The zero-order valence-corrected chi connectivity index (χ0v) is 16.5. The lowest BCUT2D eigenvalue weighted by Gasteiger charge is -2.14.